The lowest BCUT2D eigenvalue weighted by Crippen LogP contribution is -2.48. The predicted molar refractivity (Wildman–Crippen MR) is 193 cm³/mol. The average Bonchev–Trinajstić information content (AvgIpc) is 3.70. The standard InChI is InChI=1S/C36H23N7O14/c1-3-36(24-13-28-31-18(8-17-6-4-5-7-25(17)37-31)14-39(28)33(44)23(24)15-55-35(36)46)56-34(45)16(2)57-38-32-21-9-19(40(47)48)11-26(42(51)52)29(21)30-22(32)10-20(41(49)50)12-27(30)43(53)54/h4-13,16H,3,14-15H2,1-2H3/t16-,36+/m0/s1. The van der Waals surface area contributed by atoms with Crippen LogP contribution in [0.5, 0.6) is 0 Å². The highest BCUT2D eigenvalue weighted by molar-refractivity contribution is 6.27. The number of aromatic nitrogens is 2. The molecular formula is C36H23N7O14. The van der Waals surface area contributed by atoms with Gasteiger partial charge in [-0.2, -0.15) is 0 Å². The molecule has 1 aliphatic carbocycles. The molecule has 3 aromatic carbocycles. The Labute approximate surface area is 316 Å². The summed E-state index contributed by atoms with van der Waals surface area (Å²) >= 11 is 0. The van der Waals surface area contributed by atoms with Crippen LogP contribution in [-0.4, -0.2) is 53.0 Å². The minimum absolute atomic E-state index is 0.0599. The molecule has 21 heteroatoms. The van der Waals surface area contributed by atoms with E-state index in [4.69, 9.17) is 19.3 Å². The molecular weight excluding hydrogens is 754 g/mol. The summed E-state index contributed by atoms with van der Waals surface area (Å²) in [5, 5.41) is 52.6. The number of para-hydroxylation sites is 1. The summed E-state index contributed by atoms with van der Waals surface area (Å²) in [6.45, 7) is 2.44. The second kappa shape index (κ2) is 12.8. The van der Waals surface area contributed by atoms with Crippen molar-refractivity contribution in [2.24, 2.45) is 5.16 Å². The van der Waals surface area contributed by atoms with Gasteiger partial charge in [0.2, 0.25) is 11.7 Å². The van der Waals surface area contributed by atoms with Crippen LogP contribution in [0, 0.1) is 40.5 Å². The number of non-ortho nitro benzene ring substituents is 2. The first-order valence-electron chi connectivity index (χ1n) is 16.9. The Morgan fingerprint density at radius 1 is 0.912 bits per heavy atom. The Bertz CT molecular complexity index is 2750. The minimum Gasteiger partial charge on any atom is -0.457 e. The van der Waals surface area contributed by atoms with Crippen LogP contribution >= 0.6 is 0 Å². The Balaban J connectivity index is 1.19. The van der Waals surface area contributed by atoms with Gasteiger partial charge in [-0.05, 0) is 31.5 Å². The van der Waals surface area contributed by atoms with Crippen molar-refractivity contribution in [2.45, 2.75) is 45.1 Å². The number of cyclic esters (lactones) is 1. The quantitative estimate of drug-likeness (QED) is 0.105. The van der Waals surface area contributed by atoms with Crippen LogP contribution < -0.4 is 5.56 Å². The lowest BCUT2D eigenvalue weighted by atomic mass is 9.85. The fourth-order valence-corrected chi connectivity index (χ4v) is 7.38. The van der Waals surface area contributed by atoms with Gasteiger partial charge in [0.05, 0.1) is 72.0 Å². The molecule has 3 aliphatic rings. The number of benzene rings is 3. The molecule has 286 valence electrons. The van der Waals surface area contributed by atoms with E-state index in [-0.39, 0.29) is 24.1 Å². The van der Waals surface area contributed by atoms with Crippen LogP contribution in [0.2, 0.25) is 0 Å². The molecule has 0 N–H and O–H groups in total. The molecule has 0 fully saturated rings. The number of hydrogen-bond donors (Lipinski definition) is 0. The van der Waals surface area contributed by atoms with E-state index in [1.54, 1.807) is 6.07 Å². The molecule has 4 heterocycles. The maximum absolute atomic E-state index is 13.9. The van der Waals surface area contributed by atoms with Gasteiger partial charge in [-0.1, -0.05) is 30.3 Å². The zero-order chi connectivity index (χ0) is 40.7. The SMILES string of the molecule is CC[C@]1(OC(=O)[C@H](C)ON=C2c3cc([N+](=O)[O-])cc([N+](=O)[O-])c3-c3c2cc([N+](=O)[O-])cc3[N+](=O)[O-])C(=O)OCc2c1cc1n(c2=O)Cc2cc3ccccc3nc2-1. The fraction of sp³-hybridized carbons (Fsp3) is 0.194. The smallest absolute Gasteiger partial charge is 0.355 e. The summed E-state index contributed by atoms with van der Waals surface area (Å²) in [7, 11) is 0. The number of oxime groups is 1. The van der Waals surface area contributed by atoms with Crippen LogP contribution in [0.4, 0.5) is 22.7 Å². The van der Waals surface area contributed by atoms with Crippen molar-refractivity contribution >= 4 is 51.3 Å². The van der Waals surface area contributed by atoms with Crippen molar-refractivity contribution in [1.82, 2.24) is 9.55 Å². The minimum atomic E-state index is -2.17. The van der Waals surface area contributed by atoms with Crippen molar-refractivity contribution in [1.29, 1.82) is 0 Å². The van der Waals surface area contributed by atoms with Gasteiger partial charge in [0, 0.05) is 39.8 Å². The van der Waals surface area contributed by atoms with Gasteiger partial charge in [0.1, 0.15) is 12.3 Å². The number of hydrogen-bond acceptors (Lipinski definition) is 16. The molecule has 0 bridgehead atoms. The Morgan fingerprint density at radius 3 is 2.11 bits per heavy atom. The maximum atomic E-state index is 13.9. The number of fused-ring (bicyclic) bond motifs is 8. The van der Waals surface area contributed by atoms with E-state index >= 15 is 0 Å². The highest BCUT2D eigenvalue weighted by atomic mass is 16.7. The summed E-state index contributed by atoms with van der Waals surface area (Å²) in [5.74, 6) is -2.22. The summed E-state index contributed by atoms with van der Waals surface area (Å²) in [6.07, 6.45) is -1.95. The van der Waals surface area contributed by atoms with Gasteiger partial charge < -0.3 is 18.9 Å². The van der Waals surface area contributed by atoms with Gasteiger partial charge in [-0.15, -0.1) is 0 Å². The molecule has 57 heavy (non-hydrogen) atoms. The third-order valence-corrected chi connectivity index (χ3v) is 10.1. The highest BCUT2D eigenvalue weighted by Crippen LogP contribution is 2.50. The number of esters is 2. The summed E-state index contributed by atoms with van der Waals surface area (Å²) in [5.41, 5.74) is -6.20. The van der Waals surface area contributed by atoms with E-state index in [0.717, 1.165) is 30.0 Å². The summed E-state index contributed by atoms with van der Waals surface area (Å²) < 4.78 is 12.7. The van der Waals surface area contributed by atoms with Crippen molar-refractivity contribution in [2.75, 3.05) is 0 Å². The number of ether oxygens (including phenoxy) is 2. The lowest BCUT2D eigenvalue weighted by Gasteiger charge is -2.36. The average molecular weight is 778 g/mol. The van der Waals surface area contributed by atoms with Crippen LogP contribution in [0.1, 0.15) is 48.1 Å². The Kier molecular flexibility index (Phi) is 8.10. The number of carbonyl (C=O) groups is 2. The van der Waals surface area contributed by atoms with Crippen molar-refractivity contribution in [3.05, 3.63) is 139 Å². The van der Waals surface area contributed by atoms with Crippen molar-refractivity contribution in [3.8, 4) is 22.5 Å². The third kappa shape index (κ3) is 5.42. The monoisotopic (exact) mass is 777 g/mol. The number of rotatable bonds is 9. The lowest BCUT2D eigenvalue weighted by molar-refractivity contribution is -0.395. The summed E-state index contributed by atoms with van der Waals surface area (Å²) in [4.78, 5) is 95.3. The number of nitro benzene ring substituents is 4. The molecule has 2 aromatic heterocycles. The van der Waals surface area contributed by atoms with E-state index in [1.807, 2.05) is 30.3 Å². The van der Waals surface area contributed by atoms with Gasteiger partial charge in [-0.3, -0.25) is 45.3 Å². The maximum Gasteiger partial charge on any atom is 0.355 e. The first-order chi connectivity index (χ1) is 27.1. The Hall–Kier alpha value is -7.97. The predicted octanol–water partition coefficient (Wildman–Crippen LogP) is 5.10. The van der Waals surface area contributed by atoms with Crippen molar-refractivity contribution < 1.29 is 43.6 Å². The first-order valence-corrected chi connectivity index (χ1v) is 16.9. The molecule has 8 rings (SSSR count). The zero-order valence-corrected chi connectivity index (χ0v) is 29.3. The Morgan fingerprint density at radius 2 is 1.53 bits per heavy atom. The fourth-order valence-electron chi connectivity index (χ4n) is 7.38. The van der Waals surface area contributed by atoms with Gasteiger partial charge in [-0.25, -0.2) is 14.6 Å². The second-order valence-electron chi connectivity index (χ2n) is 13.2. The van der Waals surface area contributed by atoms with Crippen LogP contribution in [-0.2, 0) is 42.7 Å². The largest absolute Gasteiger partial charge is 0.457 e. The van der Waals surface area contributed by atoms with Crippen molar-refractivity contribution in [3.63, 3.8) is 0 Å². The van der Waals surface area contributed by atoms with Gasteiger partial charge in [0.15, 0.2) is 0 Å². The van der Waals surface area contributed by atoms with E-state index in [0.29, 0.717) is 29.0 Å². The summed E-state index contributed by atoms with van der Waals surface area (Å²) in [6, 6.07) is 13.6. The molecule has 0 saturated carbocycles. The molecule has 2 aliphatic heterocycles. The van der Waals surface area contributed by atoms with Gasteiger partial charge in [0.25, 0.3) is 28.3 Å². The van der Waals surface area contributed by atoms with E-state index in [2.05, 4.69) is 5.16 Å². The number of pyridine rings is 2. The zero-order valence-electron chi connectivity index (χ0n) is 29.3. The van der Waals surface area contributed by atoms with Crippen LogP contribution in [0.25, 0.3) is 33.4 Å². The van der Waals surface area contributed by atoms with Crippen LogP contribution in [0.3, 0.4) is 0 Å². The molecule has 0 spiro atoms. The molecule has 0 amide bonds. The number of nitrogens with zero attached hydrogens (tertiary/aromatic N) is 7. The first kappa shape index (κ1) is 36.0. The second-order valence-corrected chi connectivity index (χ2v) is 13.2. The van der Waals surface area contributed by atoms with Crippen LogP contribution in [0.15, 0.2) is 70.6 Å². The van der Waals surface area contributed by atoms with E-state index in [9.17, 15) is 54.8 Å². The number of carbonyl (C=O) groups excluding carboxylic acids is 2. The highest BCUT2D eigenvalue weighted by Gasteiger charge is 2.51. The van der Waals surface area contributed by atoms with Gasteiger partial charge >= 0.3 is 11.9 Å². The molecule has 0 radical (unpaired) electrons. The molecule has 5 aromatic rings. The molecule has 0 unspecified atom stereocenters. The molecule has 21 nitrogen and oxygen atoms in total. The number of nitro groups is 4. The van der Waals surface area contributed by atoms with E-state index in [1.165, 1.54) is 11.5 Å². The molecule has 2 atom stereocenters. The third-order valence-electron chi connectivity index (χ3n) is 10.1. The normalized spacial score (nSPS) is 16.3. The van der Waals surface area contributed by atoms with E-state index < -0.39 is 106 Å². The molecule has 0 saturated heterocycles. The topological polar surface area (TPSA) is 282 Å².